The Kier molecular flexibility index (Phi) is 4.57. The lowest BCUT2D eigenvalue weighted by Crippen LogP contribution is -2.19. The van der Waals surface area contributed by atoms with E-state index >= 15 is 0 Å². The van der Waals surface area contributed by atoms with Gasteiger partial charge in [0.05, 0.1) is 6.26 Å². The van der Waals surface area contributed by atoms with Crippen LogP contribution in [0.15, 0.2) is 22.8 Å². The molecule has 0 radical (unpaired) electrons. The van der Waals surface area contributed by atoms with Crippen LogP contribution in [-0.2, 0) is 17.9 Å². The van der Waals surface area contributed by atoms with E-state index in [4.69, 9.17) is 14.9 Å². The molecule has 0 unspecified atom stereocenters. The maximum atomic E-state index is 5.82. The summed E-state index contributed by atoms with van der Waals surface area (Å²) in [6.07, 6.45) is 1.69. The van der Waals surface area contributed by atoms with Crippen LogP contribution in [0.5, 0.6) is 0 Å². The van der Waals surface area contributed by atoms with E-state index in [1.807, 2.05) is 31.9 Å². The van der Waals surface area contributed by atoms with Gasteiger partial charge in [-0.25, -0.2) is 9.97 Å². The Labute approximate surface area is 118 Å². The SMILES string of the molecule is CCOCc1nc(N)cc(N(C)Cc2ccoc2C)n1. The number of nitrogens with zero attached hydrogens (tertiary/aromatic N) is 3. The molecule has 0 aromatic carbocycles. The third-order valence-electron chi connectivity index (χ3n) is 2.98. The van der Waals surface area contributed by atoms with Crippen molar-refractivity contribution in [1.82, 2.24) is 9.97 Å². The number of hydrogen-bond donors (Lipinski definition) is 1. The number of hydrogen-bond acceptors (Lipinski definition) is 6. The topological polar surface area (TPSA) is 77.4 Å². The van der Waals surface area contributed by atoms with Gasteiger partial charge in [0, 0.05) is 31.8 Å². The fraction of sp³-hybridized carbons (Fsp3) is 0.429. The van der Waals surface area contributed by atoms with E-state index < -0.39 is 0 Å². The Balaban J connectivity index is 2.14. The minimum absolute atomic E-state index is 0.368. The minimum Gasteiger partial charge on any atom is -0.469 e. The molecule has 20 heavy (non-hydrogen) atoms. The second-order valence-electron chi connectivity index (χ2n) is 4.56. The second-order valence-corrected chi connectivity index (χ2v) is 4.56. The maximum Gasteiger partial charge on any atom is 0.158 e. The van der Waals surface area contributed by atoms with Gasteiger partial charge in [-0.05, 0) is 19.9 Å². The van der Waals surface area contributed by atoms with Crippen molar-refractivity contribution in [2.45, 2.75) is 27.0 Å². The second kappa shape index (κ2) is 6.38. The predicted molar refractivity (Wildman–Crippen MR) is 77.3 cm³/mol. The number of nitrogen functional groups attached to an aromatic ring is 1. The van der Waals surface area contributed by atoms with Gasteiger partial charge in [0.15, 0.2) is 5.82 Å². The molecule has 6 heteroatoms. The summed E-state index contributed by atoms with van der Waals surface area (Å²) in [6.45, 7) is 5.57. The summed E-state index contributed by atoms with van der Waals surface area (Å²) in [6, 6.07) is 3.71. The zero-order valence-electron chi connectivity index (χ0n) is 12.1. The Morgan fingerprint density at radius 3 is 2.85 bits per heavy atom. The number of rotatable bonds is 6. The molecular weight excluding hydrogens is 256 g/mol. The van der Waals surface area contributed by atoms with Gasteiger partial charge in [-0.2, -0.15) is 0 Å². The van der Waals surface area contributed by atoms with Crippen molar-refractivity contribution in [3.63, 3.8) is 0 Å². The predicted octanol–water partition coefficient (Wildman–Crippen LogP) is 2.13. The lowest BCUT2D eigenvalue weighted by molar-refractivity contribution is 0.128. The molecule has 0 aliphatic rings. The van der Waals surface area contributed by atoms with Gasteiger partial charge in [0.2, 0.25) is 0 Å². The van der Waals surface area contributed by atoms with Crippen molar-refractivity contribution in [2.75, 3.05) is 24.3 Å². The molecule has 0 atom stereocenters. The average molecular weight is 276 g/mol. The number of aryl methyl sites for hydroxylation is 1. The van der Waals surface area contributed by atoms with Gasteiger partial charge in [-0.1, -0.05) is 0 Å². The highest BCUT2D eigenvalue weighted by atomic mass is 16.5. The smallest absolute Gasteiger partial charge is 0.158 e. The van der Waals surface area contributed by atoms with Crippen molar-refractivity contribution in [3.8, 4) is 0 Å². The summed E-state index contributed by atoms with van der Waals surface area (Å²) in [7, 11) is 1.96. The molecule has 0 amide bonds. The number of ether oxygens (including phenoxy) is 1. The third kappa shape index (κ3) is 3.48. The first-order chi connectivity index (χ1) is 9.60. The average Bonchev–Trinajstić information content (AvgIpc) is 2.81. The number of anilines is 2. The Morgan fingerprint density at radius 2 is 2.20 bits per heavy atom. The van der Waals surface area contributed by atoms with E-state index in [1.54, 1.807) is 12.3 Å². The number of furan rings is 1. The summed E-state index contributed by atoms with van der Waals surface area (Å²) < 4.78 is 10.6. The summed E-state index contributed by atoms with van der Waals surface area (Å²) in [5.41, 5.74) is 6.94. The van der Waals surface area contributed by atoms with Gasteiger partial charge in [0.1, 0.15) is 24.0 Å². The van der Waals surface area contributed by atoms with Crippen LogP contribution in [0, 0.1) is 6.92 Å². The fourth-order valence-corrected chi connectivity index (χ4v) is 1.87. The first-order valence-electron chi connectivity index (χ1n) is 6.55. The lowest BCUT2D eigenvalue weighted by atomic mass is 10.2. The lowest BCUT2D eigenvalue weighted by Gasteiger charge is -2.18. The van der Waals surface area contributed by atoms with E-state index in [2.05, 4.69) is 9.97 Å². The maximum absolute atomic E-state index is 5.82. The quantitative estimate of drug-likeness (QED) is 0.871. The van der Waals surface area contributed by atoms with Crippen LogP contribution < -0.4 is 10.6 Å². The Hall–Kier alpha value is -2.08. The molecule has 0 spiro atoms. The van der Waals surface area contributed by atoms with Crippen LogP contribution in [0.25, 0.3) is 0 Å². The zero-order chi connectivity index (χ0) is 14.5. The molecule has 0 aliphatic carbocycles. The summed E-state index contributed by atoms with van der Waals surface area (Å²) >= 11 is 0. The van der Waals surface area contributed by atoms with E-state index in [1.165, 1.54) is 0 Å². The molecule has 6 nitrogen and oxygen atoms in total. The van der Waals surface area contributed by atoms with Crippen LogP contribution >= 0.6 is 0 Å². The van der Waals surface area contributed by atoms with Crippen LogP contribution in [0.1, 0.15) is 24.1 Å². The van der Waals surface area contributed by atoms with Gasteiger partial charge < -0.3 is 19.8 Å². The molecule has 0 fully saturated rings. The molecule has 0 saturated heterocycles. The highest BCUT2D eigenvalue weighted by molar-refractivity contribution is 5.47. The first-order valence-corrected chi connectivity index (χ1v) is 6.55. The molecule has 2 N–H and O–H groups in total. The van der Waals surface area contributed by atoms with Gasteiger partial charge in [-0.15, -0.1) is 0 Å². The van der Waals surface area contributed by atoms with Crippen molar-refractivity contribution in [1.29, 1.82) is 0 Å². The molecule has 2 aromatic rings. The Bertz CT molecular complexity index is 568. The molecule has 2 heterocycles. The molecular formula is C14H20N4O2. The van der Waals surface area contributed by atoms with E-state index in [-0.39, 0.29) is 0 Å². The van der Waals surface area contributed by atoms with Crippen LogP contribution in [-0.4, -0.2) is 23.6 Å². The van der Waals surface area contributed by atoms with Crippen molar-refractivity contribution in [2.24, 2.45) is 0 Å². The summed E-state index contributed by atoms with van der Waals surface area (Å²) in [4.78, 5) is 10.6. The molecule has 0 aliphatic heterocycles. The summed E-state index contributed by atoms with van der Waals surface area (Å²) in [5.74, 6) is 2.72. The molecule has 0 saturated carbocycles. The first kappa shape index (κ1) is 14.3. The Morgan fingerprint density at radius 1 is 1.40 bits per heavy atom. The normalized spacial score (nSPS) is 10.8. The monoisotopic (exact) mass is 276 g/mol. The molecule has 0 bridgehead atoms. The van der Waals surface area contributed by atoms with Gasteiger partial charge in [-0.3, -0.25) is 0 Å². The number of nitrogens with two attached hydrogens (primary N) is 1. The van der Waals surface area contributed by atoms with E-state index in [0.717, 1.165) is 17.1 Å². The minimum atomic E-state index is 0.368. The highest BCUT2D eigenvalue weighted by Crippen LogP contribution is 2.18. The van der Waals surface area contributed by atoms with Crippen LogP contribution in [0.2, 0.25) is 0 Å². The fourth-order valence-electron chi connectivity index (χ4n) is 1.87. The largest absolute Gasteiger partial charge is 0.469 e. The molecule has 2 aromatic heterocycles. The van der Waals surface area contributed by atoms with Crippen LogP contribution in [0.4, 0.5) is 11.6 Å². The highest BCUT2D eigenvalue weighted by Gasteiger charge is 2.10. The van der Waals surface area contributed by atoms with Crippen LogP contribution in [0.3, 0.4) is 0 Å². The molecule has 2 rings (SSSR count). The van der Waals surface area contributed by atoms with E-state index in [0.29, 0.717) is 31.4 Å². The van der Waals surface area contributed by atoms with Crippen molar-refractivity contribution >= 4 is 11.6 Å². The third-order valence-corrected chi connectivity index (χ3v) is 2.98. The summed E-state index contributed by atoms with van der Waals surface area (Å²) in [5, 5.41) is 0. The van der Waals surface area contributed by atoms with Crippen molar-refractivity contribution in [3.05, 3.63) is 35.5 Å². The zero-order valence-corrected chi connectivity index (χ0v) is 12.1. The van der Waals surface area contributed by atoms with Gasteiger partial charge in [0.25, 0.3) is 0 Å². The molecule has 108 valence electrons. The standard InChI is InChI=1S/C14H20N4O2/c1-4-19-9-13-16-12(15)7-14(17-13)18(3)8-11-5-6-20-10(11)2/h5-7H,4,8-9H2,1-3H3,(H2,15,16,17). The number of aromatic nitrogens is 2. The van der Waals surface area contributed by atoms with E-state index in [9.17, 15) is 0 Å². The van der Waals surface area contributed by atoms with Gasteiger partial charge >= 0.3 is 0 Å². The van der Waals surface area contributed by atoms with Crippen molar-refractivity contribution < 1.29 is 9.15 Å².